The summed E-state index contributed by atoms with van der Waals surface area (Å²) in [6, 6.07) is -4.36. The summed E-state index contributed by atoms with van der Waals surface area (Å²) >= 11 is 0. The quantitative estimate of drug-likeness (QED) is 0.0404. The van der Waals surface area contributed by atoms with E-state index in [1.807, 2.05) is 0 Å². The highest BCUT2D eigenvalue weighted by atomic mass is 16.4. The first-order valence-corrected chi connectivity index (χ1v) is 12.3. The molecule has 0 aromatic heterocycles. The monoisotopic (exact) mass is 557 g/mol. The Morgan fingerprint density at radius 2 is 1.05 bits per heavy atom. The second-order valence-electron chi connectivity index (χ2n) is 8.64. The maximum atomic E-state index is 12.9. The van der Waals surface area contributed by atoms with Crippen LogP contribution in [0.2, 0.25) is 0 Å². The predicted molar refractivity (Wildman–Crippen MR) is 147 cm³/mol. The Morgan fingerprint density at radius 3 is 1.49 bits per heavy atom. The second-order valence-corrected chi connectivity index (χ2v) is 8.64. The molecule has 0 radical (unpaired) electrons. The predicted octanol–water partition coefficient (Wildman–Crippen LogP) is -4.97. The summed E-state index contributed by atoms with van der Waals surface area (Å²) in [7, 11) is 0. The molecule has 3 amide bonds. The summed E-state index contributed by atoms with van der Waals surface area (Å²) in [5, 5.41) is 16.8. The van der Waals surface area contributed by atoms with Crippen molar-refractivity contribution in [3.63, 3.8) is 0 Å². The van der Waals surface area contributed by atoms with Crippen molar-refractivity contribution in [1.82, 2.24) is 16.0 Å². The third kappa shape index (κ3) is 16.9. The fourth-order valence-corrected chi connectivity index (χ4v) is 3.14. The van der Waals surface area contributed by atoms with E-state index in [0.717, 1.165) is 0 Å². The summed E-state index contributed by atoms with van der Waals surface area (Å²) in [6.45, 7) is 2.04. The maximum absolute atomic E-state index is 12.9. The van der Waals surface area contributed by atoms with E-state index >= 15 is 0 Å². The van der Waals surface area contributed by atoms with Crippen molar-refractivity contribution in [3.8, 4) is 0 Å². The van der Waals surface area contributed by atoms with Crippen LogP contribution in [-0.4, -0.2) is 90.5 Å². The third-order valence-electron chi connectivity index (χ3n) is 5.19. The number of carboxylic acid groups (broad SMARTS) is 1. The molecule has 39 heavy (non-hydrogen) atoms. The molecule has 0 aliphatic carbocycles. The number of aliphatic imine (C=N–C) groups is 3. The van der Waals surface area contributed by atoms with Crippen LogP contribution in [0.25, 0.3) is 0 Å². The molecule has 0 unspecified atom stereocenters. The maximum Gasteiger partial charge on any atom is 0.326 e. The number of nitrogens with two attached hydrogens (primary N) is 7. The van der Waals surface area contributed by atoms with Crippen LogP contribution >= 0.6 is 0 Å². The lowest BCUT2D eigenvalue weighted by Gasteiger charge is -2.23. The van der Waals surface area contributed by atoms with Gasteiger partial charge in [0.2, 0.25) is 17.7 Å². The van der Waals surface area contributed by atoms with Gasteiger partial charge in [-0.2, -0.15) is 0 Å². The highest BCUT2D eigenvalue weighted by Gasteiger charge is 2.28. The number of aliphatic carboxylic acids is 1. The lowest BCUT2D eigenvalue weighted by Crippen LogP contribution is -2.56. The van der Waals surface area contributed by atoms with E-state index < -0.39 is 47.9 Å². The van der Waals surface area contributed by atoms with E-state index in [1.165, 1.54) is 6.92 Å². The average molecular weight is 558 g/mol. The van der Waals surface area contributed by atoms with Crippen molar-refractivity contribution >= 4 is 41.6 Å². The van der Waals surface area contributed by atoms with Gasteiger partial charge in [0.1, 0.15) is 18.1 Å². The molecule has 0 aliphatic heterocycles. The van der Waals surface area contributed by atoms with E-state index in [1.54, 1.807) is 0 Å². The van der Waals surface area contributed by atoms with Crippen molar-refractivity contribution in [2.45, 2.75) is 69.6 Å². The molecule has 0 fully saturated rings. The van der Waals surface area contributed by atoms with Gasteiger partial charge >= 0.3 is 5.97 Å². The van der Waals surface area contributed by atoms with Gasteiger partial charge in [-0.3, -0.25) is 29.4 Å². The van der Waals surface area contributed by atoms with Crippen molar-refractivity contribution < 1.29 is 24.3 Å². The molecule has 0 aromatic rings. The highest BCUT2D eigenvalue weighted by Crippen LogP contribution is 2.04. The fourth-order valence-electron chi connectivity index (χ4n) is 3.14. The first-order valence-electron chi connectivity index (χ1n) is 12.3. The van der Waals surface area contributed by atoms with Crippen molar-refractivity contribution in [3.05, 3.63) is 0 Å². The molecule has 0 heterocycles. The van der Waals surface area contributed by atoms with Crippen molar-refractivity contribution in [2.24, 2.45) is 55.1 Å². The number of carboxylic acids is 1. The Labute approximate surface area is 226 Å². The molecule has 0 bridgehead atoms. The van der Waals surface area contributed by atoms with Gasteiger partial charge in [0.25, 0.3) is 0 Å². The van der Waals surface area contributed by atoms with Gasteiger partial charge in [0, 0.05) is 19.6 Å². The zero-order chi connectivity index (χ0) is 30.0. The largest absolute Gasteiger partial charge is 0.480 e. The first kappa shape index (κ1) is 34.6. The molecule has 0 spiro atoms. The number of rotatable bonds is 19. The van der Waals surface area contributed by atoms with Gasteiger partial charge < -0.3 is 61.2 Å². The summed E-state index contributed by atoms with van der Waals surface area (Å²) in [5.74, 6) is -3.60. The van der Waals surface area contributed by atoms with Crippen LogP contribution in [0.4, 0.5) is 0 Å². The molecule has 222 valence electrons. The number of carbonyl (C=O) groups is 4. The molecular weight excluding hydrogens is 514 g/mol. The van der Waals surface area contributed by atoms with Crippen LogP contribution in [0.3, 0.4) is 0 Å². The first-order chi connectivity index (χ1) is 18.2. The smallest absolute Gasteiger partial charge is 0.326 e. The van der Waals surface area contributed by atoms with Crippen LogP contribution in [0.1, 0.15) is 45.4 Å². The number of amides is 3. The zero-order valence-electron chi connectivity index (χ0n) is 22.1. The van der Waals surface area contributed by atoms with E-state index in [0.29, 0.717) is 19.3 Å². The van der Waals surface area contributed by atoms with Gasteiger partial charge in [-0.25, -0.2) is 4.79 Å². The minimum absolute atomic E-state index is 0.0586. The molecule has 0 aliphatic rings. The Morgan fingerprint density at radius 1 is 0.641 bits per heavy atom. The number of guanidine groups is 3. The van der Waals surface area contributed by atoms with Crippen LogP contribution in [0.15, 0.2) is 15.0 Å². The summed E-state index contributed by atoms with van der Waals surface area (Å²) < 4.78 is 0. The molecule has 18 nitrogen and oxygen atoms in total. The Balaban J connectivity index is 5.18. The van der Waals surface area contributed by atoms with Gasteiger partial charge in [-0.1, -0.05) is 0 Å². The Hall–Kier alpha value is -4.35. The van der Waals surface area contributed by atoms with E-state index in [-0.39, 0.29) is 56.8 Å². The third-order valence-corrected chi connectivity index (χ3v) is 5.19. The van der Waals surface area contributed by atoms with Crippen molar-refractivity contribution in [2.75, 3.05) is 19.6 Å². The summed E-state index contributed by atoms with van der Waals surface area (Å²) in [6.07, 6.45) is 1.50. The highest BCUT2D eigenvalue weighted by molar-refractivity contribution is 5.93. The van der Waals surface area contributed by atoms with Gasteiger partial charge in [-0.05, 0) is 45.4 Å². The van der Waals surface area contributed by atoms with Crippen LogP contribution in [0, 0.1) is 0 Å². The van der Waals surface area contributed by atoms with E-state index in [2.05, 4.69) is 30.9 Å². The number of nitrogens with one attached hydrogen (secondary N) is 3. The lowest BCUT2D eigenvalue weighted by molar-refractivity contribution is -0.142. The Kier molecular flexibility index (Phi) is 16.7. The van der Waals surface area contributed by atoms with E-state index in [4.69, 9.17) is 40.1 Å². The topological polar surface area (TPSA) is 344 Å². The number of nitrogens with zero attached hydrogens (tertiary/aromatic N) is 3. The minimum atomic E-state index is -1.26. The minimum Gasteiger partial charge on any atom is -0.480 e. The SMILES string of the molecule is C[C@H](NC(=O)[C@H](CCCN=C(N)N)NC(=O)[C@@H](N)CCCN=C(N)N)C(=O)N[C@@H](CCCN=C(N)N)C(=O)O. The van der Waals surface area contributed by atoms with Crippen LogP contribution < -0.4 is 56.1 Å². The standard InChI is InChI=1S/C21H43N13O5/c1-11(15(35)34-14(18(38)39)7-4-10-31-21(27)28)32-17(37)13(6-3-9-30-20(25)26)33-16(36)12(22)5-2-8-29-19(23)24/h11-14H,2-10,22H2,1H3,(H,32,37)(H,33,36)(H,34,35)(H,38,39)(H4,23,24,29)(H4,25,26,30)(H4,27,28,31)/t11-,12-,13-,14-/m0/s1. The van der Waals surface area contributed by atoms with Gasteiger partial charge in [0.05, 0.1) is 6.04 Å². The summed E-state index contributed by atoms with van der Waals surface area (Å²) in [5.41, 5.74) is 37.5. The molecule has 0 rings (SSSR count). The normalized spacial score (nSPS) is 13.5. The number of hydrogen-bond donors (Lipinski definition) is 11. The van der Waals surface area contributed by atoms with E-state index in [9.17, 15) is 24.3 Å². The zero-order valence-corrected chi connectivity index (χ0v) is 22.1. The summed E-state index contributed by atoms with van der Waals surface area (Å²) in [4.78, 5) is 61.1. The molecule has 18 N–H and O–H groups in total. The fraction of sp³-hybridized carbons (Fsp3) is 0.667. The molecule has 0 saturated heterocycles. The average Bonchev–Trinajstić information content (AvgIpc) is 2.84. The number of hydrogen-bond acceptors (Lipinski definition) is 8. The second kappa shape index (κ2) is 18.8. The van der Waals surface area contributed by atoms with Gasteiger partial charge in [0.15, 0.2) is 17.9 Å². The molecule has 0 aromatic carbocycles. The molecule has 18 heteroatoms. The molecule has 4 atom stereocenters. The lowest BCUT2D eigenvalue weighted by atomic mass is 10.1. The Bertz CT molecular complexity index is 897. The molecule has 0 saturated carbocycles. The van der Waals surface area contributed by atoms with Crippen molar-refractivity contribution in [1.29, 1.82) is 0 Å². The number of carbonyl (C=O) groups excluding carboxylic acids is 3. The molecular formula is C21H43N13O5. The van der Waals surface area contributed by atoms with Crippen LogP contribution in [0.5, 0.6) is 0 Å². The van der Waals surface area contributed by atoms with Gasteiger partial charge in [-0.15, -0.1) is 0 Å². The van der Waals surface area contributed by atoms with Crippen LogP contribution in [-0.2, 0) is 19.2 Å².